The molecule has 0 fully saturated rings. The minimum Gasteiger partial charge on any atom is -0.399 e. The van der Waals surface area contributed by atoms with Crippen molar-refractivity contribution in [1.29, 1.82) is 15.8 Å². The first-order valence-corrected chi connectivity index (χ1v) is 9.04. The van der Waals surface area contributed by atoms with E-state index in [1.54, 1.807) is 0 Å². The molecule has 0 aliphatic heterocycles. The van der Waals surface area contributed by atoms with Gasteiger partial charge in [-0.2, -0.15) is 15.8 Å². The quantitative estimate of drug-likeness (QED) is 0.818. The van der Waals surface area contributed by atoms with Gasteiger partial charge in [0.15, 0.2) is 0 Å². The third kappa shape index (κ3) is 2.49. The summed E-state index contributed by atoms with van der Waals surface area (Å²) in [5.41, 5.74) is 8.28. The van der Waals surface area contributed by atoms with E-state index >= 15 is 0 Å². The van der Waals surface area contributed by atoms with Crippen molar-refractivity contribution in [3.8, 4) is 18.2 Å². The molecule has 3 rings (SSSR count). The molecule has 1 aromatic carbocycles. The van der Waals surface area contributed by atoms with E-state index in [-0.39, 0.29) is 17.5 Å². The second-order valence-electron chi connectivity index (χ2n) is 7.33. The number of allylic oxidation sites excluding steroid dienone is 3. The number of aryl methyl sites for hydroxylation is 1. The molecular formula is C22H22N4. The predicted octanol–water partition coefficient (Wildman–Crippen LogP) is 4.09. The Morgan fingerprint density at radius 3 is 2.35 bits per heavy atom. The van der Waals surface area contributed by atoms with E-state index in [1.807, 2.05) is 6.08 Å². The van der Waals surface area contributed by atoms with Crippen molar-refractivity contribution < 1.29 is 0 Å². The van der Waals surface area contributed by atoms with E-state index in [9.17, 15) is 15.8 Å². The number of fused-ring (bicyclic) bond motifs is 1. The largest absolute Gasteiger partial charge is 0.399 e. The average molecular weight is 342 g/mol. The maximum Gasteiger partial charge on any atom is 0.204 e. The molecule has 0 radical (unpaired) electrons. The van der Waals surface area contributed by atoms with Crippen LogP contribution in [0.15, 0.2) is 47.2 Å². The molecular weight excluding hydrogens is 320 g/mol. The zero-order valence-corrected chi connectivity index (χ0v) is 15.2. The summed E-state index contributed by atoms with van der Waals surface area (Å²) in [7, 11) is 0. The average Bonchev–Trinajstić information content (AvgIpc) is 2.68. The number of hydrogen-bond donors (Lipinski definition) is 1. The van der Waals surface area contributed by atoms with Gasteiger partial charge in [-0.15, -0.1) is 0 Å². The van der Waals surface area contributed by atoms with E-state index in [0.717, 1.165) is 30.4 Å². The van der Waals surface area contributed by atoms with Crippen molar-refractivity contribution in [3.05, 3.63) is 58.3 Å². The molecule has 0 saturated carbocycles. The molecule has 0 amide bonds. The third-order valence-electron chi connectivity index (χ3n) is 5.84. The smallest absolute Gasteiger partial charge is 0.204 e. The Kier molecular flexibility index (Phi) is 4.58. The fraction of sp³-hybridized carbons (Fsp3) is 0.409. The van der Waals surface area contributed by atoms with Crippen molar-refractivity contribution >= 4 is 0 Å². The Hall–Kier alpha value is -3.03. The molecule has 130 valence electrons. The summed E-state index contributed by atoms with van der Waals surface area (Å²) in [6.07, 6.45) is 4.63. The first-order valence-electron chi connectivity index (χ1n) is 9.04. The Balaban J connectivity index is 2.26. The highest BCUT2D eigenvalue weighted by atomic mass is 14.7. The van der Waals surface area contributed by atoms with Crippen LogP contribution < -0.4 is 5.73 Å². The van der Waals surface area contributed by atoms with Gasteiger partial charge < -0.3 is 5.73 Å². The van der Waals surface area contributed by atoms with Crippen LogP contribution in [0.1, 0.15) is 43.7 Å². The zero-order chi connectivity index (χ0) is 18.9. The highest BCUT2D eigenvalue weighted by Crippen LogP contribution is 2.55. The molecule has 4 nitrogen and oxygen atoms in total. The minimum atomic E-state index is -1.52. The SMILES string of the molecule is CCc1ccc(C2C(C#N)=C(N)C(C#N)(C#N)C3=CCC(C)CC32)cc1. The molecule has 1 aromatic rings. The highest BCUT2D eigenvalue weighted by Gasteiger charge is 2.52. The van der Waals surface area contributed by atoms with Crippen LogP contribution in [0.4, 0.5) is 0 Å². The monoisotopic (exact) mass is 342 g/mol. The molecule has 0 heterocycles. The molecule has 0 saturated heterocycles. The normalized spacial score (nSPS) is 26.7. The van der Waals surface area contributed by atoms with Gasteiger partial charge in [-0.1, -0.05) is 44.2 Å². The van der Waals surface area contributed by atoms with Gasteiger partial charge >= 0.3 is 0 Å². The number of hydrogen-bond acceptors (Lipinski definition) is 4. The fourth-order valence-electron chi connectivity index (χ4n) is 4.37. The molecule has 4 heteroatoms. The van der Waals surface area contributed by atoms with Crippen LogP contribution in [0.2, 0.25) is 0 Å². The molecule has 2 N–H and O–H groups in total. The first-order chi connectivity index (χ1) is 12.5. The van der Waals surface area contributed by atoms with Gasteiger partial charge in [0.1, 0.15) is 0 Å². The van der Waals surface area contributed by atoms with Gasteiger partial charge in [0.25, 0.3) is 0 Å². The standard InChI is InChI=1S/C22H22N4/c1-3-15-5-7-16(8-6-15)20-17-10-14(2)4-9-19(17)22(12-24,13-25)21(26)18(20)11-23/h5-9,14,17,20H,3-4,10,26H2,1-2H3. The van der Waals surface area contributed by atoms with Crippen LogP contribution in [0, 0.1) is 51.2 Å². The molecule has 3 unspecified atom stereocenters. The number of rotatable bonds is 2. The summed E-state index contributed by atoms with van der Waals surface area (Å²) in [5.74, 6) is 0.192. The maximum atomic E-state index is 9.85. The summed E-state index contributed by atoms with van der Waals surface area (Å²) in [6.45, 7) is 4.27. The van der Waals surface area contributed by atoms with E-state index in [1.165, 1.54) is 5.56 Å². The highest BCUT2D eigenvalue weighted by molar-refractivity contribution is 5.58. The lowest BCUT2D eigenvalue weighted by Crippen LogP contribution is -2.41. The molecule has 0 bridgehead atoms. The third-order valence-corrected chi connectivity index (χ3v) is 5.84. The Bertz CT molecular complexity index is 885. The first kappa shape index (κ1) is 17.8. The van der Waals surface area contributed by atoms with Crippen LogP contribution in [-0.2, 0) is 6.42 Å². The maximum absolute atomic E-state index is 9.85. The number of nitrogens with zero attached hydrogens (tertiary/aromatic N) is 3. The van der Waals surface area contributed by atoms with E-state index in [0.29, 0.717) is 11.5 Å². The lowest BCUT2D eigenvalue weighted by Gasteiger charge is -2.43. The van der Waals surface area contributed by atoms with Crippen LogP contribution in [-0.4, -0.2) is 0 Å². The molecule has 2 aliphatic rings. The van der Waals surface area contributed by atoms with Crippen molar-refractivity contribution in [2.45, 2.75) is 39.0 Å². The van der Waals surface area contributed by atoms with Crippen LogP contribution in [0.3, 0.4) is 0 Å². The van der Waals surface area contributed by atoms with Gasteiger partial charge in [-0.25, -0.2) is 0 Å². The van der Waals surface area contributed by atoms with E-state index in [4.69, 9.17) is 5.73 Å². The summed E-state index contributed by atoms with van der Waals surface area (Å²) >= 11 is 0. The summed E-state index contributed by atoms with van der Waals surface area (Å²) in [5, 5.41) is 29.5. The summed E-state index contributed by atoms with van der Waals surface area (Å²) in [6, 6.07) is 14.7. The summed E-state index contributed by atoms with van der Waals surface area (Å²) < 4.78 is 0. The predicted molar refractivity (Wildman–Crippen MR) is 99.0 cm³/mol. The number of nitrogens with two attached hydrogens (primary N) is 1. The Morgan fingerprint density at radius 2 is 1.81 bits per heavy atom. The minimum absolute atomic E-state index is 0.0486. The van der Waals surface area contributed by atoms with Crippen LogP contribution >= 0.6 is 0 Å². The van der Waals surface area contributed by atoms with Gasteiger partial charge in [0, 0.05) is 5.92 Å². The molecule has 3 atom stereocenters. The molecule has 0 spiro atoms. The second kappa shape index (κ2) is 6.70. The van der Waals surface area contributed by atoms with Crippen molar-refractivity contribution in [2.75, 3.05) is 0 Å². The fourth-order valence-corrected chi connectivity index (χ4v) is 4.37. The lowest BCUT2D eigenvalue weighted by molar-refractivity contribution is 0.334. The van der Waals surface area contributed by atoms with Crippen LogP contribution in [0.25, 0.3) is 0 Å². The summed E-state index contributed by atoms with van der Waals surface area (Å²) in [4.78, 5) is 0. The van der Waals surface area contributed by atoms with Gasteiger partial charge in [0.05, 0.1) is 29.5 Å². The van der Waals surface area contributed by atoms with Gasteiger partial charge in [-0.3, -0.25) is 0 Å². The molecule has 2 aliphatic carbocycles. The van der Waals surface area contributed by atoms with Crippen LogP contribution in [0.5, 0.6) is 0 Å². The Morgan fingerprint density at radius 1 is 1.15 bits per heavy atom. The second-order valence-corrected chi connectivity index (χ2v) is 7.33. The van der Waals surface area contributed by atoms with Gasteiger partial charge in [-0.05, 0) is 47.8 Å². The molecule has 26 heavy (non-hydrogen) atoms. The number of nitriles is 3. The topological polar surface area (TPSA) is 97.4 Å². The lowest BCUT2D eigenvalue weighted by atomic mass is 9.57. The van der Waals surface area contributed by atoms with Crippen molar-refractivity contribution in [1.82, 2.24) is 0 Å². The zero-order valence-electron chi connectivity index (χ0n) is 15.2. The molecule has 0 aromatic heterocycles. The van der Waals surface area contributed by atoms with Crippen molar-refractivity contribution in [2.24, 2.45) is 23.0 Å². The number of benzene rings is 1. The Labute approximate surface area is 154 Å². The van der Waals surface area contributed by atoms with Crippen molar-refractivity contribution in [3.63, 3.8) is 0 Å². The van der Waals surface area contributed by atoms with E-state index in [2.05, 4.69) is 56.3 Å². The van der Waals surface area contributed by atoms with Gasteiger partial charge in [0.2, 0.25) is 5.41 Å². The van der Waals surface area contributed by atoms with E-state index < -0.39 is 5.41 Å².